The standard InChI is InChI=1S/C24H42O5/c1-2-3-4-5-6-7-10-13-19(25)16-17-21-20(22(26)18-23(21)27)14-11-8-9-12-15-24(28)29/h16-17,19-21,23,25,27H,2-15,18H2,1H3,(H,28,29)/b17-16+/t19-,20+,21+,23+/m0/s1. The highest BCUT2D eigenvalue weighted by atomic mass is 16.4. The highest BCUT2D eigenvalue weighted by molar-refractivity contribution is 5.84. The number of hydrogen-bond acceptors (Lipinski definition) is 4. The Bertz CT molecular complexity index is 488. The van der Waals surface area contributed by atoms with Gasteiger partial charge in [0.05, 0.1) is 12.2 Å². The SMILES string of the molecule is CCCCCCCCC[C@H](O)/C=C/[C@H]1[C@H](O)CC(=O)[C@@H]1CCCCCCC(=O)O. The minimum atomic E-state index is -0.764. The Morgan fingerprint density at radius 1 is 1.03 bits per heavy atom. The number of carbonyl (C=O) groups excluding carboxylic acids is 1. The second kappa shape index (κ2) is 15.6. The van der Waals surface area contributed by atoms with Crippen molar-refractivity contribution in [1.82, 2.24) is 0 Å². The lowest BCUT2D eigenvalue weighted by molar-refractivity contribution is -0.137. The number of unbranched alkanes of at least 4 members (excludes halogenated alkanes) is 9. The highest BCUT2D eigenvalue weighted by Gasteiger charge is 2.39. The van der Waals surface area contributed by atoms with E-state index in [0.29, 0.717) is 6.42 Å². The molecule has 1 aliphatic rings. The van der Waals surface area contributed by atoms with Crippen LogP contribution in [0.15, 0.2) is 12.2 Å². The quantitative estimate of drug-likeness (QED) is 0.231. The average Bonchev–Trinajstić information content (AvgIpc) is 2.94. The van der Waals surface area contributed by atoms with Gasteiger partial charge in [-0.05, 0) is 19.3 Å². The third-order valence-electron chi connectivity index (χ3n) is 6.05. The lowest BCUT2D eigenvalue weighted by Crippen LogP contribution is -2.19. The summed E-state index contributed by atoms with van der Waals surface area (Å²) in [5.41, 5.74) is 0. The van der Waals surface area contributed by atoms with E-state index in [0.717, 1.165) is 44.9 Å². The number of aliphatic carboxylic acids is 1. The molecule has 4 atom stereocenters. The molecular formula is C24H42O5. The molecule has 1 saturated carbocycles. The number of ketones is 1. The lowest BCUT2D eigenvalue weighted by atomic mass is 9.88. The molecule has 1 fully saturated rings. The van der Waals surface area contributed by atoms with Crippen LogP contribution in [0.25, 0.3) is 0 Å². The van der Waals surface area contributed by atoms with Crippen LogP contribution >= 0.6 is 0 Å². The van der Waals surface area contributed by atoms with Gasteiger partial charge in [0.1, 0.15) is 5.78 Å². The van der Waals surface area contributed by atoms with Crippen LogP contribution in [0.5, 0.6) is 0 Å². The molecule has 0 aliphatic heterocycles. The van der Waals surface area contributed by atoms with Gasteiger partial charge in [0.15, 0.2) is 0 Å². The van der Waals surface area contributed by atoms with E-state index in [-0.39, 0.29) is 30.5 Å². The van der Waals surface area contributed by atoms with E-state index in [1.165, 1.54) is 32.1 Å². The first-order chi connectivity index (χ1) is 14.0. The maximum Gasteiger partial charge on any atom is 0.303 e. The summed E-state index contributed by atoms with van der Waals surface area (Å²) in [6.07, 6.45) is 16.1. The van der Waals surface area contributed by atoms with Crippen LogP contribution in [0.1, 0.15) is 103 Å². The molecule has 0 aromatic heterocycles. The Morgan fingerprint density at radius 2 is 1.66 bits per heavy atom. The van der Waals surface area contributed by atoms with Gasteiger partial charge >= 0.3 is 5.97 Å². The first-order valence-corrected chi connectivity index (χ1v) is 11.7. The van der Waals surface area contributed by atoms with E-state index < -0.39 is 18.2 Å². The molecule has 29 heavy (non-hydrogen) atoms. The van der Waals surface area contributed by atoms with Gasteiger partial charge in [0, 0.05) is 24.7 Å². The van der Waals surface area contributed by atoms with Crippen molar-refractivity contribution in [3.05, 3.63) is 12.2 Å². The van der Waals surface area contributed by atoms with Crippen molar-refractivity contribution in [2.45, 2.75) is 115 Å². The fourth-order valence-corrected chi connectivity index (χ4v) is 4.25. The van der Waals surface area contributed by atoms with Crippen LogP contribution < -0.4 is 0 Å². The molecule has 0 saturated heterocycles. The van der Waals surface area contributed by atoms with Crippen molar-refractivity contribution >= 4 is 11.8 Å². The molecule has 5 nitrogen and oxygen atoms in total. The van der Waals surface area contributed by atoms with E-state index in [4.69, 9.17) is 5.11 Å². The van der Waals surface area contributed by atoms with E-state index in [1.54, 1.807) is 6.08 Å². The van der Waals surface area contributed by atoms with Gasteiger partial charge in [0.25, 0.3) is 0 Å². The van der Waals surface area contributed by atoms with Crippen molar-refractivity contribution < 1.29 is 24.9 Å². The van der Waals surface area contributed by atoms with Gasteiger partial charge in [-0.25, -0.2) is 0 Å². The van der Waals surface area contributed by atoms with Crippen molar-refractivity contribution in [3.63, 3.8) is 0 Å². The van der Waals surface area contributed by atoms with Crippen LogP contribution in [0, 0.1) is 11.8 Å². The van der Waals surface area contributed by atoms with Crippen molar-refractivity contribution in [2.24, 2.45) is 11.8 Å². The molecule has 3 N–H and O–H groups in total. The van der Waals surface area contributed by atoms with Gasteiger partial charge in [-0.3, -0.25) is 9.59 Å². The topological polar surface area (TPSA) is 94.8 Å². The number of aliphatic hydroxyl groups excluding tert-OH is 2. The maximum atomic E-state index is 12.2. The smallest absolute Gasteiger partial charge is 0.303 e. The summed E-state index contributed by atoms with van der Waals surface area (Å²) >= 11 is 0. The molecular weight excluding hydrogens is 368 g/mol. The molecule has 0 aromatic rings. The second-order valence-electron chi connectivity index (χ2n) is 8.63. The largest absolute Gasteiger partial charge is 0.481 e. The Kier molecular flexibility index (Phi) is 13.9. The predicted octanol–water partition coefficient (Wildman–Crippen LogP) is 5.04. The Labute approximate surface area is 176 Å². The minimum absolute atomic E-state index is 0.110. The minimum Gasteiger partial charge on any atom is -0.481 e. The number of hydrogen-bond donors (Lipinski definition) is 3. The number of Topliss-reactive ketones (excluding diaryl/α,β-unsaturated/α-hetero) is 1. The summed E-state index contributed by atoms with van der Waals surface area (Å²) in [5, 5.41) is 29.1. The molecule has 0 unspecified atom stereocenters. The zero-order valence-electron chi connectivity index (χ0n) is 18.2. The molecule has 0 amide bonds. The number of rotatable bonds is 17. The van der Waals surface area contributed by atoms with Crippen LogP contribution in [0.2, 0.25) is 0 Å². The van der Waals surface area contributed by atoms with E-state index in [9.17, 15) is 19.8 Å². The third-order valence-corrected chi connectivity index (χ3v) is 6.05. The molecule has 0 radical (unpaired) electrons. The number of carbonyl (C=O) groups is 2. The third kappa shape index (κ3) is 11.5. The lowest BCUT2D eigenvalue weighted by Gasteiger charge is -2.18. The summed E-state index contributed by atoms with van der Waals surface area (Å²) in [6.45, 7) is 2.21. The Hall–Kier alpha value is -1.20. The van der Waals surface area contributed by atoms with Gasteiger partial charge in [0.2, 0.25) is 0 Å². The van der Waals surface area contributed by atoms with E-state index in [2.05, 4.69) is 6.92 Å². The summed E-state index contributed by atoms with van der Waals surface area (Å²) in [4.78, 5) is 22.8. The fraction of sp³-hybridized carbons (Fsp3) is 0.833. The molecule has 168 valence electrons. The van der Waals surface area contributed by atoms with Crippen LogP contribution in [0.4, 0.5) is 0 Å². The normalized spacial score (nSPS) is 23.1. The van der Waals surface area contributed by atoms with Crippen LogP contribution in [-0.4, -0.2) is 39.3 Å². The van der Waals surface area contributed by atoms with Crippen LogP contribution in [0.3, 0.4) is 0 Å². The molecule has 1 rings (SSSR count). The summed E-state index contributed by atoms with van der Waals surface area (Å²) in [6, 6.07) is 0. The summed E-state index contributed by atoms with van der Waals surface area (Å²) < 4.78 is 0. The van der Waals surface area contributed by atoms with Crippen molar-refractivity contribution in [1.29, 1.82) is 0 Å². The Balaban J connectivity index is 2.29. The first-order valence-electron chi connectivity index (χ1n) is 11.7. The Morgan fingerprint density at radius 3 is 2.34 bits per heavy atom. The van der Waals surface area contributed by atoms with Crippen molar-refractivity contribution in [3.8, 4) is 0 Å². The molecule has 0 bridgehead atoms. The maximum absolute atomic E-state index is 12.2. The molecule has 1 aliphatic carbocycles. The first kappa shape index (κ1) is 25.8. The predicted molar refractivity (Wildman–Crippen MR) is 116 cm³/mol. The molecule has 5 heteroatoms. The van der Waals surface area contributed by atoms with Gasteiger partial charge in [-0.15, -0.1) is 0 Å². The number of carboxylic acids is 1. The van der Waals surface area contributed by atoms with Crippen LogP contribution in [-0.2, 0) is 9.59 Å². The van der Waals surface area contributed by atoms with E-state index >= 15 is 0 Å². The number of carboxylic acid groups (broad SMARTS) is 1. The van der Waals surface area contributed by atoms with Gasteiger partial charge in [-0.1, -0.05) is 83.3 Å². The zero-order valence-corrected chi connectivity index (χ0v) is 18.2. The molecule has 0 spiro atoms. The highest BCUT2D eigenvalue weighted by Crippen LogP contribution is 2.34. The van der Waals surface area contributed by atoms with E-state index in [1.807, 2.05) is 6.08 Å². The van der Waals surface area contributed by atoms with Gasteiger partial charge in [-0.2, -0.15) is 0 Å². The fourth-order valence-electron chi connectivity index (χ4n) is 4.25. The summed E-state index contributed by atoms with van der Waals surface area (Å²) in [5.74, 6) is -1.03. The average molecular weight is 411 g/mol. The monoisotopic (exact) mass is 410 g/mol. The second-order valence-corrected chi connectivity index (χ2v) is 8.63. The van der Waals surface area contributed by atoms with Gasteiger partial charge < -0.3 is 15.3 Å². The zero-order chi connectivity index (χ0) is 21.5. The van der Waals surface area contributed by atoms with Crippen molar-refractivity contribution in [2.75, 3.05) is 0 Å². The summed E-state index contributed by atoms with van der Waals surface area (Å²) in [7, 11) is 0. The number of aliphatic hydroxyl groups is 2. The molecule has 0 aromatic carbocycles. The molecule has 0 heterocycles.